The molecule has 1 aliphatic rings. The van der Waals surface area contributed by atoms with E-state index >= 15 is 0 Å². The van der Waals surface area contributed by atoms with Gasteiger partial charge in [0, 0.05) is 11.3 Å². The third kappa shape index (κ3) is 8.43. The van der Waals surface area contributed by atoms with Gasteiger partial charge in [0.25, 0.3) is 5.91 Å². The molecular weight excluding hydrogens is 714 g/mol. The number of benzene rings is 3. The summed E-state index contributed by atoms with van der Waals surface area (Å²) in [5, 5.41) is 19.4. The van der Waals surface area contributed by atoms with Gasteiger partial charge in [-0.3, -0.25) is 4.79 Å². The minimum Gasteiger partial charge on any atom is -0.487 e. The first-order chi connectivity index (χ1) is 21.2. The van der Waals surface area contributed by atoms with Crippen LogP contribution in [0.5, 0.6) is 11.5 Å². The number of nitrogens with zero attached hydrogens (tertiary/aromatic N) is 2. The number of carbonyl (C=O) groups is 2. The van der Waals surface area contributed by atoms with E-state index in [1.165, 1.54) is 6.21 Å². The number of halogens is 2. The molecule has 44 heavy (non-hydrogen) atoms. The molecule has 3 N–H and O–H groups in total. The fraction of sp³-hybridized carbons (Fsp3) is 0.194. The van der Waals surface area contributed by atoms with Crippen molar-refractivity contribution in [3.8, 4) is 17.6 Å². The molecule has 13 heteroatoms. The summed E-state index contributed by atoms with van der Waals surface area (Å²) in [6.07, 6.45) is 1.49. The summed E-state index contributed by atoms with van der Waals surface area (Å²) in [7, 11) is 0. The zero-order chi connectivity index (χ0) is 31.6. The van der Waals surface area contributed by atoms with Crippen molar-refractivity contribution >= 4 is 67.3 Å². The Morgan fingerprint density at radius 2 is 1.82 bits per heavy atom. The van der Waals surface area contributed by atoms with Crippen LogP contribution in [-0.2, 0) is 20.9 Å². The average Bonchev–Trinajstić information content (AvgIpc) is 2.99. The third-order valence-corrected chi connectivity index (χ3v) is 7.64. The van der Waals surface area contributed by atoms with Gasteiger partial charge in [-0.15, -0.1) is 0 Å². The second-order valence-electron chi connectivity index (χ2n) is 9.32. The summed E-state index contributed by atoms with van der Waals surface area (Å²) in [5.74, 6) is 0.0295. The smallest absolute Gasteiger partial charge is 0.338 e. The van der Waals surface area contributed by atoms with Gasteiger partial charge in [0.15, 0.2) is 11.7 Å². The van der Waals surface area contributed by atoms with Gasteiger partial charge >= 0.3 is 5.97 Å². The second kappa shape index (κ2) is 15.5. The SMILES string of the molecule is CCOC(=O)C1=C(C)NC(=S)N[C@@H]1c1ccccc1OCC(=O)NN=Cc1cc(Br)c(OCc2ccc(C#N)cc2)c(Br)c1. The molecule has 3 aromatic carbocycles. The number of amides is 1. The van der Waals surface area contributed by atoms with Crippen molar-refractivity contribution in [1.29, 1.82) is 5.26 Å². The van der Waals surface area contributed by atoms with Crippen LogP contribution in [0, 0.1) is 11.3 Å². The molecule has 0 spiro atoms. The van der Waals surface area contributed by atoms with E-state index < -0.39 is 17.9 Å². The van der Waals surface area contributed by atoms with Gasteiger partial charge in [-0.1, -0.05) is 30.3 Å². The summed E-state index contributed by atoms with van der Waals surface area (Å²) < 4.78 is 18.4. The topological polar surface area (TPSA) is 134 Å². The van der Waals surface area contributed by atoms with E-state index in [-0.39, 0.29) is 13.2 Å². The molecular formula is C31H27Br2N5O5S. The lowest BCUT2D eigenvalue weighted by Gasteiger charge is -2.30. The van der Waals surface area contributed by atoms with E-state index in [1.54, 1.807) is 62.4 Å². The molecule has 0 aliphatic carbocycles. The van der Waals surface area contributed by atoms with E-state index in [2.05, 4.69) is 59.1 Å². The number of ether oxygens (including phenoxy) is 3. The van der Waals surface area contributed by atoms with Crippen LogP contribution < -0.4 is 25.5 Å². The Labute approximate surface area is 276 Å². The van der Waals surface area contributed by atoms with Crippen LogP contribution in [0.15, 0.2) is 86.0 Å². The molecule has 0 bridgehead atoms. The molecule has 0 aromatic heterocycles. The fourth-order valence-corrected chi connectivity index (χ4v) is 5.96. The number of carbonyl (C=O) groups excluding carboxylic acids is 2. The van der Waals surface area contributed by atoms with Crippen LogP contribution in [0.3, 0.4) is 0 Å². The number of hydrazone groups is 1. The molecule has 1 atom stereocenters. The van der Waals surface area contributed by atoms with E-state index in [1.807, 2.05) is 12.1 Å². The minimum atomic E-state index is -0.631. The molecule has 0 fully saturated rings. The van der Waals surface area contributed by atoms with Crippen LogP contribution in [0.25, 0.3) is 0 Å². The molecule has 1 amide bonds. The predicted molar refractivity (Wildman–Crippen MR) is 176 cm³/mol. The Morgan fingerprint density at radius 3 is 2.50 bits per heavy atom. The van der Waals surface area contributed by atoms with E-state index in [0.717, 1.165) is 5.56 Å². The van der Waals surface area contributed by atoms with Gasteiger partial charge in [0.05, 0.1) is 45.0 Å². The van der Waals surface area contributed by atoms with Crippen molar-refractivity contribution in [3.05, 3.63) is 103 Å². The number of esters is 1. The van der Waals surface area contributed by atoms with Crippen LogP contribution in [0.4, 0.5) is 0 Å². The van der Waals surface area contributed by atoms with Crippen molar-refractivity contribution < 1.29 is 23.8 Å². The van der Waals surface area contributed by atoms with Crippen LogP contribution in [0.1, 0.15) is 42.1 Å². The number of hydrogen-bond acceptors (Lipinski definition) is 8. The zero-order valence-electron chi connectivity index (χ0n) is 23.6. The first-order valence-corrected chi connectivity index (χ1v) is 15.3. The fourth-order valence-electron chi connectivity index (χ4n) is 4.23. The van der Waals surface area contributed by atoms with Gasteiger partial charge in [-0.2, -0.15) is 10.4 Å². The Morgan fingerprint density at radius 1 is 1.11 bits per heavy atom. The first-order valence-electron chi connectivity index (χ1n) is 13.3. The summed E-state index contributed by atoms with van der Waals surface area (Å²) in [5.41, 5.74) is 6.22. The van der Waals surface area contributed by atoms with E-state index in [0.29, 0.717) is 60.1 Å². The molecule has 10 nitrogen and oxygen atoms in total. The Balaban J connectivity index is 1.37. The van der Waals surface area contributed by atoms with Crippen LogP contribution in [0.2, 0.25) is 0 Å². The largest absolute Gasteiger partial charge is 0.487 e. The van der Waals surface area contributed by atoms with E-state index in [9.17, 15) is 9.59 Å². The number of hydrogen-bond donors (Lipinski definition) is 3. The van der Waals surface area contributed by atoms with Gasteiger partial charge in [-0.25, -0.2) is 10.2 Å². The Bertz CT molecular complexity index is 1650. The maximum atomic E-state index is 12.7. The molecule has 0 unspecified atom stereocenters. The van der Waals surface area contributed by atoms with Crippen molar-refractivity contribution in [2.75, 3.05) is 13.2 Å². The number of allylic oxidation sites excluding steroid dienone is 1. The molecule has 0 saturated heterocycles. The van der Waals surface area contributed by atoms with Crippen molar-refractivity contribution in [1.82, 2.24) is 16.1 Å². The Hall–Kier alpha value is -4.25. The Kier molecular flexibility index (Phi) is 11.5. The lowest BCUT2D eigenvalue weighted by atomic mass is 9.95. The number of para-hydroxylation sites is 1. The highest BCUT2D eigenvalue weighted by Gasteiger charge is 2.32. The summed E-state index contributed by atoms with van der Waals surface area (Å²) >= 11 is 12.4. The number of rotatable bonds is 11. The maximum absolute atomic E-state index is 12.7. The van der Waals surface area contributed by atoms with Crippen molar-refractivity contribution in [3.63, 3.8) is 0 Å². The maximum Gasteiger partial charge on any atom is 0.338 e. The number of nitrogens with one attached hydrogen (secondary N) is 3. The standard InChI is InChI=1S/C31H27Br2N5O5S/c1-3-41-30(40)27-18(2)36-31(44)37-28(27)22-6-4-5-7-25(22)42-17-26(39)38-35-15-21-12-23(32)29(24(33)13-21)43-16-20-10-8-19(14-34)9-11-20/h4-13,15,28H,3,16-17H2,1-2H3,(H,38,39)(H2,36,37,44)/t28-/m1/s1. The number of thiocarbonyl (C=S) groups is 1. The van der Waals surface area contributed by atoms with Gasteiger partial charge < -0.3 is 24.8 Å². The molecule has 0 radical (unpaired) electrons. The molecule has 1 heterocycles. The lowest BCUT2D eigenvalue weighted by Crippen LogP contribution is -2.45. The monoisotopic (exact) mass is 739 g/mol. The van der Waals surface area contributed by atoms with Gasteiger partial charge in [0.1, 0.15) is 18.1 Å². The second-order valence-corrected chi connectivity index (χ2v) is 11.4. The highest BCUT2D eigenvalue weighted by molar-refractivity contribution is 9.11. The summed E-state index contributed by atoms with van der Waals surface area (Å²) in [6, 6.07) is 19.3. The highest BCUT2D eigenvalue weighted by atomic mass is 79.9. The van der Waals surface area contributed by atoms with E-state index in [4.69, 9.17) is 31.7 Å². The summed E-state index contributed by atoms with van der Waals surface area (Å²) in [4.78, 5) is 25.3. The molecule has 0 saturated carbocycles. The molecule has 4 rings (SSSR count). The number of nitriles is 1. The van der Waals surface area contributed by atoms with Gasteiger partial charge in [0.2, 0.25) is 0 Å². The van der Waals surface area contributed by atoms with Gasteiger partial charge in [-0.05, 0) is 99.4 Å². The van der Waals surface area contributed by atoms with Crippen molar-refractivity contribution in [2.45, 2.75) is 26.5 Å². The van der Waals surface area contributed by atoms with Crippen LogP contribution in [-0.4, -0.2) is 36.4 Å². The molecule has 1 aliphatic heterocycles. The average molecular weight is 741 g/mol. The minimum absolute atomic E-state index is 0.220. The molecule has 226 valence electrons. The van der Waals surface area contributed by atoms with Crippen LogP contribution >= 0.6 is 44.1 Å². The normalized spacial score (nSPS) is 14.3. The predicted octanol–water partition coefficient (Wildman–Crippen LogP) is 5.55. The quantitative estimate of drug-likeness (QED) is 0.100. The zero-order valence-corrected chi connectivity index (χ0v) is 27.6. The third-order valence-electron chi connectivity index (χ3n) is 6.24. The summed E-state index contributed by atoms with van der Waals surface area (Å²) in [6.45, 7) is 3.69. The molecule has 3 aromatic rings. The highest BCUT2D eigenvalue weighted by Crippen LogP contribution is 2.35. The van der Waals surface area contributed by atoms with Crippen molar-refractivity contribution in [2.24, 2.45) is 5.10 Å². The first kappa shape index (κ1) is 32.7. The lowest BCUT2D eigenvalue weighted by molar-refractivity contribution is -0.139.